The predicted octanol–water partition coefficient (Wildman–Crippen LogP) is 3.23. The highest BCUT2D eigenvalue weighted by molar-refractivity contribution is 8.00. The minimum Gasteiger partial charge on any atom is -0.275 e. The Morgan fingerprint density at radius 2 is 2.41 bits per heavy atom. The SMILES string of the molecule is CCC1CCC(C#N)C(Sc2cnn(C)c2)C1. The summed E-state index contributed by atoms with van der Waals surface area (Å²) in [5, 5.41) is 13.9. The van der Waals surface area contributed by atoms with Crippen LogP contribution in [0.5, 0.6) is 0 Å². The molecule has 1 aliphatic carbocycles. The molecule has 3 nitrogen and oxygen atoms in total. The predicted molar refractivity (Wildman–Crippen MR) is 69.6 cm³/mol. The van der Waals surface area contributed by atoms with Crippen molar-refractivity contribution in [2.45, 2.75) is 42.8 Å². The van der Waals surface area contributed by atoms with Crippen LogP contribution in [0.1, 0.15) is 32.6 Å². The zero-order chi connectivity index (χ0) is 12.3. The summed E-state index contributed by atoms with van der Waals surface area (Å²) < 4.78 is 1.82. The van der Waals surface area contributed by atoms with Crippen LogP contribution in [-0.4, -0.2) is 15.0 Å². The minimum atomic E-state index is 0.211. The van der Waals surface area contributed by atoms with E-state index in [1.54, 1.807) is 0 Å². The normalized spacial score (nSPS) is 28.9. The van der Waals surface area contributed by atoms with Crippen molar-refractivity contribution in [2.75, 3.05) is 0 Å². The van der Waals surface area contributed by atoms with Gasteiger partial charge in [-0.05, 0) is 25.2 Å². The Morgan fingerprint density at radius 1 is 1.59 bits per heavy atom. The van der Waals surface area contributed by atoms with Gasteiger partial charge in [0.05, 0.1) is 18.2 Å². The van der Waals surface area contributed by atoms with E-state index in [4.69, 9.17) is 0 Å². The molecule has 0 amide bonds. The van der Waals surface area contributed by atoms with Gasteiger partial charge < -0.3 is 0 Å². The van der Waals surface area contributed by atoms with Gasteiger partial charge in [-0.1, -0.05) is 13.3 Å². The van der Waals surface area contributed by atoms with E-state index in [0.717, 1.165) is 12.3 Å². The Labute approximate surface area is 107 Å². The van der Waals surface area contributed by atoms with Gasteiger partial charge in [-0.3, -0.25) is 4.68 Å². The van der Waals surface area contributed by atoms with E-state index in [1.807, 2.05) is 35.9 Å². The van der Waals surface area contributed by atoms with Gasteiger partial charge in [0.25, 0.3) is 0 Å². The minimum absolute atomic E-state index is 0.211. The third kappa shape index (κ3) is 3.04. The molecule has 4 heteroatoms. The summed E-state index contributed by atoms with van der Waals surface area (Å²) in [5.41, 5.74) is 0. The maximum Gasteiger partial charge on any atom is 0.0667 e. The summed E-state index contributed by atoms with van der Waals surface area (Å²) in [7, 11) is 1.93. The van der Waals surface area contributed by atoms with Crippen LogP contribution in [0.2, 0.25) is 0 Å². The van der Waals surface area contributed by atoms with E-state index in [1.165, 1.54) is 24.2 Å². The van der Waals surface area contributed by atoms with Gasteiger partial charge in [0.15, 0.2) is 0 Å². The summed E-state index contributed by atoms with van der Waals surface area (Å²) in [4.78, 5) is 1.19. The van der Waals surface area contributed by atoms with Crippen LogP contribution < -0.4 is 0 Å². The second-order valence-electron chi connectivity index (χ2n) is 4.83. The zero-order valence-corrected chi connectivity index (χ0v) is 11.3. The van der Waals surface area contributed by atoms with Crippen molar-refractivity contribution < 1.29 is 0 Å². The van der Waals surface area contributed by atoms with Crippen LogP contribution >= 0.6 is 11.8 Å². The van der Waals surface area contributed by atoms with E-state index in [2.05, 4.69) is 18.1 Å². The van der Waals surface area contributed by atoms with Gasteiger partial charge >= 0.3 is 0 Å². The lowest BCUT2D eigenvalue weighted by Gasteiger charge is -2.31. The Bertz CT molecular complexity index is 407. The van der Waals surface area contributed by atoms with Crippen molar-refractivity contribution >= 4 is 11.8 Å². The summed E-state index contributed by atoms with van der Waals surface area (Å²) in [5.74, 6) is 1.01. The number of aromatic nitrogens is 2. The molecule has 1 aromatic rings. The van der Waals surface area contributed by atoms with Crippen LogP contribution in [-0.2, 0) is 7.05 Å². The van der Waals surface area contributed by atoms with Gasteiger partial charge in [-0.2, -0.15) is 10.4 Å². The van der Waals surface area contributed by atoms with Crippen molar-refractivity contribution in [3.63, 3.8) is 0 Å². The standard InChI is InChI=1S/C13H19N3S/c1-3-10-4-5-11(7-14)13(6-10)17-12-8-15-16(2)9-12/h8-11,13H,3-6H2,1-2H3. The van der Waals surface area contributed by atoms with Crippen molar-refractivity contribution in [1.29, 1.82) is 5.26 Å². The van der Waals surface area contributed by atoms with Crippen LogP contribution in [0, 0.1) is 23.2 Å². The first-order chi connectivity index (χ1) is 8.22. The van der Waals surface area contributed by atoms with E-state index >= 15 is 0 Å². The quantitative estimate of drug-likeness (QED) is 0.826. The third-order valence-corrected chi connectivity index (χ3v) is 4.92. The third-order valence-electron chi connectivity index (χ3n) is 3.61. The van der Waals surface area contributed by atoms with Crippen molar-refractivity contribution in [3.05, 3.63) is 12.4 Å². The number of rotatable bonds is 3. The summed E-state index contributed by atoms with van der Waals surface area (Å²) >= 11 is 1.83. The highest BCUT2D eigenvalue weighted by atomic mass is 32.2. The summed E-state index contributed by atoms with van der Waals surface area (Å²) in [6.45, 7) is 2.25. The fraction of sp³-hybridized carbons (Fsp3) is 0.692. The molecule has 1 fully saturated rings. The number of nitriles is 1. The molecule has 1 aliphatic rings. The van der Waals surface area contributed by atoms with E-state index < -0.39 is 0 Å². The largest absolute Gasteiger partial charge is 0.275 e. The zero-order valence-electron chi connectivity index (χ0n) is 10.5. The smallest absolute Gasteiger partial charge is 0.0667 e. The van der Waals surface area contributed by atoms with Gasteiger partial charge in [-0.15, -0.1) is 11.8 Å². The molecule has 0 N–H and O–H groups in total. The number of hydrogen-bond donors (Lipinski definition) is 0. The molecule has 0 spiro atoms. The average Bonchev–Trinajstić information content (AvgIpc) is 2.74. The first kappa shape index (κ1) is 12.5. The Morgan fingerprint density at radius 3 is 3.00 bits per heavy atom. The number of nitrogens with zero attached hydrogens (tertiary/aromatic N) is 3. The first-order valence-electron chi connectivity index (χ1n) is 6.27. The molecule has 1 aromatic heterocycles. The molecule has 17 heavy (non-hydrogen) atoms. The molecule has 3 atom stereocenters. The maximum absolute atomic E-state index is 9.22. The fourth-order valence-electron chi connectivity index (χ4n) is 2.49. The van der Waals surface area contributed by atoms with Gasteiger partial charge in [0, 0.05) is 23.4 Å². The highest BCUT2D eigenvalue weighted by Crippen LogP contribution is 2.40. The molecule has 0 aliphatic heterocycles. The molecule has 0 radical (unpaired) electrons. The monoisotopic (exact) mass is 249 g/mol. The lowest BCUT2D eigenvalue weighted by atomic mass is 9.81. The number of thioether (sulfide) groups is 1. The molecule has 2 rings (SSSR count). The molecular weight excluding hydrogens is 230 g/mol. The van der Waals surface area contributed by atoms with Crippen molar-refractivity contribution in [2.24, 2.45) is 18.9 Å². The van der Waals surface area contributed by atoms with E-state index in [-0.39, 0.29) is 5.92 Å². The number of aryl methyl sites for hydroxylation is 1. The van der Waals surface area contributed by atoms with Crippen LogP contribution in [0.25, 0.3) is 0 Å². The second-order valence-corrected chi connectivity index (χ2v) is 6.14. The van der Waals surface area contributed by atoms with Gasteiger partial charge in [0.1, 0.15) is 0 Å². The van der Waals surface area contributed by atoms with E-state index in [0.29, 0.717) is 5.25 Å². The van der Waals surface area contributed by atoms with Gasteiger partial charge in [0.2, 0.25) is 0 Å². The summed E-state index contributed by atoms with van der Waals surface area (Å²) in [6, 6.07) is 2.48. The summed E-state index contributed by atoms with van der Waals surface area (Å²) in [6.07, 6.45) is 8.63. The number of hydrogen-bond acceptors (Lipinski definition) is 3. The molecule has 0 saturated heterocycles. The van der Waals surface area contributed by atoms with E-state index in [9.17, 15) is 5.26 Å². The van der Waals surface area contributed by atoms with Crippen molar-refractivity contribution in [1.82, 2.24) is 9.78 Å². The average molecular weight is 249 g/mol. The molecule has 3 unspecified atom stereocenters. The van der Waals surface area contributed by atoms with Gasteiger partial charge in [-0.25, -0.2) is 0 Å². The molecule has 1 heterocycles. The lowest BCUT2D eigenvalue weighted by Crippen LogP contribution is -2.25. The fourth-order valence-corrected chi connectivity index (χ4v) is 3.90. The van der Waals surface area contributed by atoms with Crippen LogP contribution in [0.15, 0.2) is 17.3 Å². The van der Waals surface area contributed by atoms with Crippen molar-refractivity contribution in [3.8, 4) is 6.07 Å². The molecule has 92 valence electrons. The Hall–Kier alpha value is -0.950. The first-order valence-corrected chi connectivity index (χ1v) is 7.15. The lowest BCUT2D eigenvalue weighted by molar-refractivity contribution is 0.317. The maximum atomic E-state index is 9.22. The highest BCUT2D eigenvalue weighted by Gasteiger charge is 2.30. The second kappa shape index (κ2) is 5.59. The van der Waals surface area contributed by atoms with Crippen LogP contribution in [0.3, 0.4) is 0 Å². The topological polar surface area (TPSA) is 41.6 Å². The molecule has 0 bridgehead atoms. The molecule has 0 aromatic carbocycles. The Kier molecular flexibility index (Phi) is 4.11. The molecular formula is C13H19N3S. The Balaban J connectivity index is 2.03. The molecule has 1 saturated carbocycles. The van der Waals surface area contributed by atoms with Crippen LogP contribution in [0.4, 0.5) is 0 Å².